The molecule has 3 heteroatoms. The van der Waals surface area contributed by atoms with Crippen molar-refractivity contribution in [3.63, 3.8) is 0 Å². The first-order valence-electron chi connectivity index (χ1n) is 6.18. The highest BCUT2D eigenvalue weighted by Crippen LogP contribution is 2.45. The van der Waals surface area contributed by atoms with E-state index in [2.05, 4.69) is 5.32 Å². The molecule has 1 heterocycles. The average Bonchev–Trinajstić information content (AvgIpc) is 2.99. The van der Waals surface area contributed by atoms with E-state index in [0.717, 1.165) is 25.4 Å². The van der Waals surface area contributed by atoms with Gasteiger partial charge in [0.2, 0.25) is 0 Å². The van der Waals surface area contributed by atoms with Crippen LogP contribution in [0.15, 0.2) is 0 Å². The highest BCUT2D eigenvalue weighted by Gasteiger charge is 2.44. The molecule has 1 saturated carbocycles. The zero-order valence-electron chi connectivity index (χ0n) is 9.50. The summed E-state index contributed by atoms with van der Waals surface area (Å²) < 4.78 is 5.03. The summed E-state index contributed by atoms with van der Waals surface area (Å²) in [5.41, 5.74) is 0. The molecule has 0 amide bonds. The lowest BCUT2D eigenvalue weighted by Gasteiger charge is -2.22. The molecule has 0 spiro atoms. The number of piperidine rings is 1. The molecule has 0 aromatic heterocycles. The van der Waals surface area contributed by atoms with Crippen LogP contribution in [0.3, 0.4) is 0 Å². The van der Waals surface area contributed by atoms with Crippen molar-refractivity contribution in [2.45, 2.75) is 32.6 Å². The van der Waals surface area contributed by atoms with Gasteiger partial charge in [-0.1, -0.05) is 0 Å². The Kier molecular flexibility index (Phi) is 3.62. The normalized spacial score (nSPS) is 31.3. The summed E-state index contributed by atoms with van der Waals surface area (Å²) >= 11 is 0. The van der Waals surface area contributed by atoms with Crippen LogP contribution in [0.2, 0.25) is 0 Å². The Bertz CT molecular complexity index is 224. The summed E-state index contributed by atoms with van der Waals surface area (Å²) in [6.07, 6.45) is 4.88. The summed E-state index contributed by atoms with van der Waals surface area (Å²) in [6, 6.07) is 0. The number of esters is 1. The van der Waals surface area contributed by atoms with E-state index in [1.165, 1.54) is 19.3 Å². The number of ether oxygens (including phenoxy) is 1. The van der Waals surface area contributed by atoms with Crippen LogP contribution in [-0.4, -0.2) is 25.7 Å². The van der Waals surface area contributed by atoms with Crippen molar-refractivity contribution in [2.75, 3.05) is 19.7 Å². The lowest BCUT2D eigenvalue weighted by molar-refractivity contribution is -0.145. The molecule has 2 fully saturated rings. The second-order valence-corrected chi connectivity index (χ2v) is 4.78. The van der Waals surface area contributed by atoms with E-state index in [1.807, 2.05) is 6.92 Å². The van der Waals surface area contributed by atoms with Gasteiger partial charge >= 0.3 is 5.97 Å². The molecule has 15 heavy (non-hydrogen) atoms. The van der Waals surface area contributed by atoms with Crippen LogP contribution in [0.25, 0.3) is 0 Å². The summed E-state index contributed by atoms with van der Waals surface area (Å²) in [7, 11) is 0. The minimum absolute atomic E-state index is 0.0384. The smallest absolute Gasteiger partial charge is 0.309 e. The predicted octanol–water partition coefficient (Wildman–Crippen LogP) is 1.58. The maximum atomic E-state index is 11.4. The molecule has 1 aliphatic carbocycles. The number of hydrogen-bond acceptors (Lipinski definition) is 3. The van der Waals surface area contributed by atoms with Gasteiger partial charge in [-0.25, -0.2) is 0 Å². The Morgan fingerprint density at radius 3 is 2.80 bits per heavy atom. The van der Waals surface area contributed by atoms with Crippen LogP contribution in [0, 0.1) is 17.8 Å². The number of hydrogen-bond donors (Lipinski definition) is 1. The summed E-state index contributed by atoms with van der Waals surface area (Å²) in [5, 5.41) is 3.37. The summed E-state index contributed by atoms with van der Waals surface area (Å²) in [6.45, 7) is 4.71. The largest absolute Gasteiger partial charge is 0.466 e. The van der Waals surface area contributed by atoms with Crippen molar-refractivity contribution in [1.29, 1.82) is 0 Å². The van der Waals surface area contributed by atoms with Gasteiger partial charge in [-0.2, -0.15) is 0 Å². The maximum absolute atomic E-state index is 11.4. The Balaban J connectivity index is 1.67. The van der Waals surface area contributed by atoms with Gasteiger partial charge in [0.1, 0.15) is 0 Å². The lowest BCUT2D eigenvalue weighted by atomic mass is 9.92. The molecule has 1 saturated heterocycles. The Morgan fingerprint density at radius 2 is 2.13 bits per heavy atom. The molecule has 2 atom stereocenters. The molecule has 1 N–H and O–H groups in total. The molecule has 0 bridgehead atoms. The highest BCUT2D eigenvalue weighted by atomic mass is 16.5. The fourth-order valence-electron chi connectivity index (χ4n) is 2.59. The van der Waals surface area contributed by atoms with Gasteiger partial charge in [0.05, 0.1) is 12.5 Å². The van der Waals surface area contributed by atoms with E-state index in [1.54, 1.807) is 0 Å². The monoisotopic (exact) mass is 211 g/mol. The molecule has 2 unspecified atom stereocenters. The molecule has 2 aliphatic rings. The van der Waals surface area contributed by atoms with Crippen LogP contribution >= 0.6 is 0 Å². The van der Waals surface area contributed by atoms with Gasteiger partial charge in [-0.15, -0.1) is 0 Å². The van der Waals surface area contributed by atoms with E-state index in [0.29, 0.717) is 12.5 Å². The quantitative estimate of drug-likeness (QED) is 0.717. The topological polar surface area (TPSA) is 38.3 Å². The number of nitrogens with one attached hydrogen (secondary N) is 1. The standard InChI is InChI=1S/C12H21NO2/c1-2-15-12(14)11-8-10(11)7-9-3-5-13-6-4-9/h9-11,13H,2-8H2,1H3. The number of carbonyl (C=O) groups is 1. The number of rotatable bonds is 4. The second-order valence-electron chi connectivity index (χ2n) is 4.78. The third-order valence-corrected chi connectivity index (χ3v) is 3.61. The van der Waals surface area contributed by atoms with E-state index < -0.39 is 0 Å². The average molecular weight is 211 g/mol. The van der Waals surface area contributed by atoms with Crippen LogP contribution in [0.4, 0.5) is 0 Å². The van der Waals surface area contributed by atoms with Crippen LogP contribution < -0.4 is 5.32 Å². The predicted molar refractivity (Wildman–Crippen MR) is 58.4 cm³/mol. The molecular formula is C12H21NO2. The zero-order chi connectivity index (χ0) is 10.7. The van der Waals surface area contributed by atoms with Crippen molar-refractivity contribution in [3.05, 3.63) is 0 Å². The highest BCUT2D eigenvalue weighted by molar-refractivity contribution is 5.75. The SMILES string of the molecule is CCOC(=O)C1CC1CC1CCNCC1. The van der Waals surface area contributed by atoms with E-state index in [-0.39, 0.29) is 11.9 Å². The molecule has 3 nitrogen and oxygen atoms in total. The van der Waals surface area contributed by atoms with Crippen LogP contribution in [0.5, 0.6) is 0 Å². The fraction of sp³-hybridized carbons (Fsp3) is 0.917. The van der Waals surface area contributed by atoms with Crippen molar-refractivity contribution in [1.82, 2.24) is 5.32 Å². The van der Waals surface area contributed by atoms with Gasteiger partial charge in [-0.3, -0.25) is 4.79 Å². The van der Waals surface area contributed by atoms with Gasteiger partial charge in [0, 0.05) is 0 Å². The molecular weight excluding hydrogens is 190 g/mol. The third kappa shape index (κ3) is 2.94. The van der Waals surface area contributed by atoms with Gasteiger partial charge in [0.25, 0.3) is 0 Å². The van der Waals surface area contributed by atoms with Crippen LogP contribution in [-0.2, 0) is 9.53 Å². The Hall–Kier alpha value is -0.570. The minimum atomic E-state index is 0.0384. The van der Waals surface area contributed by atoms with E-state index in [4.69, 9.17) is 4.74 Å². The third-order valence-electron chi connectivity index (χ3n) is 3.61. The van der Waals surface area contributed by atoms with Gasteiger partial charge in [0.15, 0.2) is 0 Å². The summed E-state index contributed by atoms with van der Waals surface area (Å²) in [4.78, 5) is 11.4. The van der Waals surface area contributed by atoms with Crippen LogP contribution in [0.1, 0.15) is 32.6 Å². The lowest BCUT2D eigenvalue weighted by Crippen LogP contribution is -2.28. The molecule has 1 aliphatic heterocycles. The van der Waals surface area contributed by atoms with Crippen molar-refractivity contribution in [2.24, 2.45) is 17.8 Å². The van der Waals surface area contributed by atoms with Gasteiger partial charge in [-0.05, 0) is 57.5 Å². The fourth-order valence-corrected chi connectivity index (χ4v) is 2.59. The maximum Gasteiger partial charge on any atom is 0.309 e. The van der Waals surface area contributed by atoms with Crippen molar-refractivity contribution < 1.29 is 9.53 Å². The summed E-state index contributed by atoms with van der Waals surface area (Å²) in [5.74, 6) is 1.75. The van der Waals surface area contributed by atoms with E-state index >= 15 is 0 Å². The van der Waals surface area contributed by atoms with Crippen molar-refractivity contribution >= 4 is 5.97 Å². The Morgan fingerprint density at radius 1 is 1.40 bits per heavy atom. The molecule has 0 radical (unpaired) electrons. The first kappa shape index (κ1) is 10.9. The molecule has 86 valence electrons. The second kappa shape index (κ2) is 4.97. The van der Waals surface area contributed by atoms with E-state index in [9.17, 15) is 4.79 Å². The zero-order valence-corrected chi connectivity index (χ0v) is 9.50. The molecule has 0 aromatic rings. The van der Waals surface area contributed by atoms with Crippen molar-refractivity contribution in [3.8, 4) is 0 Å². The first-order valence-corrected chi connectivity index (χ1v) is 6.18. The first-order chi connectivity index (χ1) is 7.31. The Labute approximate surface area is 91.6 Å². The van der Waals surface area contributed by atoms with Gasteiger partial charge < -0.3 is 10.1 Å². The molecule has 2 rings (SSSR count). The number of carbonyl (C=O) groups excluding carboxylic acids is 1. The molecule has 0 aromatic carbocycles. The minimum Gasteiger partial charge on any atom is -0.466 e.